The molecule has 25 heavy (non-hydrogen) atoms. The summed E-state index contributed by atoms with van der Waals surface area (Å²) in [7, 11) is 0. The van der Waals surface area contributed by atoms with Gasteiger partial charge < -0.3 is 0 Å². The zero-order valence-corrected chi connectivity index (χ0v) is 14.1. The summed E-state index contributed by atoms with van der Waals surface area (Å²) in [4.78, 5) is 19.0. The number of benzene rings is 1. The van der Waals surface area contributed by atoms with E-state index in [1.54, 1.807) is 30.5 Å². The summed E-state index contributed by atoms with van der Waals surface area (Å²) >= 11 is 5.81. The highest BCUT2D eigenvalue weighted by atomic mass is 35.5. The molecule has 0 atom stereocenters. The number of hydrogen-bond acceptors (Lipinski definition) is 3. The van der Waals surface area contributed by atoms with E-state index in [1.165, 1.54) is 10.7 Å². The zero-order chi connectivity index (χ0) is 17.4. The first-order valence-corrected chi connectivity index (χ1v) is 8.40. The minimum atomic E-state index is -0.424. The molecule has 1 aliphatic rings. The number of aromatic amines is 1. The first-order valence-electron chi connectivity index (χ1n) is 8.02. The van der Waals surface area contributed by atoms with Crippen molar-refractivity contribution in [2.45, 2.75) is 19.5 Å². The first-order chi connectivity index (χ1) is 12.1. The molecule has 0 fully saturated rings. The van der Waals surface area contributed by atoms with Crippen LogP contribution in [0.3, 0.4) is 0 Å². The Morgan fingerprint density at radius 1 is 1.24 bits per heavy atom. The predicted octanol–water partition coefficient (Wildman–Crippen LogP) is 2.91. The molecule has 1 aromatic carbocycles. The van der Waals surface area contributed by atoms with Crippen LogP contribution in [0.2, 0.25) is 5.15 Å². The molecule has 0 aliphatic carbocycles. The smallest absolute Gasteiger partial charge is 0.276 e. The number of nitrogens with one attached hydrogen (secondary N) is 1. The Bertz CT molecular complexity index is 964. The third-order valence-electron chi connectivity index (χ3n) is 4.42. The van der Waals surface area contributed by atoms with E-state index < -0.39 is 5.82 Å². The lowest BCUT2D eigenvalue weighted by Crippen LogP contribution is -2.32. The van der Waals surface area contributed by atoms with Crippen LogP contribution in [-0.4, -0.2) is 26.2 Å². The predicted molar refractivity (Wildman–Crippen MR) is 93.4 cm³/mol. The van der Waals surface area contributed by atoms with Crippen molar-refractivity contribution in [1.29, 1.82) is 0 Å². The van der Waals surface area contributed by atoms with Gasteiger partial charge in [-0.05, 0) is 23.8 Å². The number of H-pyrrole nitrogens is 1. The van der Waals surface area contributed by atoms with Gasteiger partial charge in [-0.15, -0.1) is 0 Å². The van der Waals surface area contributed by atoms with Gasteiger partial charge in [0, 0.05) is 37.9 Å². The van der Waals surface area contributed by atoms with Crippen LogP contribution in [0.15, 0.2) is 47.4 Å². The Morgan fingerprint density at radius 2 is 2.08 bits per heavy atom. The van der Waals surface area contributed by atoms with Crippen LogP contribution in [0.5, 0.6) is 0 Å². The van der Waals surface area contributed by atoms with Gasteiger partial charge in [0.25, 0.3) is 5.56 Å². The van der Waals surface area contributed by atoms with Crippen molar-refractivity contribution < 1.29 is 4.39 Å². The van der Waals surface area contributed by atoms with Crippen LogP contribution in [0, 0.1) is 5.82 Å². The average molecular weight is 359 g/mol. The van der Waals surface area contributed by atoms with Crippen LogP contribution in [0.25, 0.3) is 5.69 Å². The van der Waals surface area contributed by atoms with Crippen LogP contribution in [0.1, 0.15) is 16.8 Å². The number of para-hydroxylation sites is 1. The molecule has 4 rings (SSSR count). The van der Waals surface area contributed by atoms with E-state index in [-0.39, 0.29) is 11.2 Å². The Hall–Kier alpha value is -2.44. The number of halogens is 2. The first kappa shape index (κ1) is 16.1. The second kappa shape index (κ2) is 6.46. The molecule has 5 nitrogen and oxygen atoms in total. The van der Waals surface area contributed by atoms with Gasteiger partial charge >= 0.3 is 0 Å². The fourth-order valence-electron chi connectivity index (χ4n) is 3.16. The Labute approximate surface area is 148 Å². The van der Waals surface area contributed by atoms with Gasteiger partial charge in [0.15, 0.2) is 0 Å². The second-order valence-corrected chi connectivity index (χ2v) is 6.50. The summed E-state index contributed by atoms with van der Waals surface area (Å²) < 4.78 is 15.3. The van der Waals surface area contributed by atoms with Gasteiger partial charge in [-0.1, -0.05) is 29.8 Å². The summed E-state index contributed by atoms with van der Waals surface area (Å²) in [6.07, 6.45) is 2.46. The maximum Gasteiger partial charge on any atom is 0.276 e. The standard InChI is InChI=1S/C18H16ClFN4O/c19-17-6-5-12(9-21-17)10-23-8-7-15-13(11-23)18(25)24(22-15)16-4-2-1-3-14(16)20/h1-6,9,22H,7-8,10-11H2. The number of pyridine rings is 1. The molecular weight excluding hydrogens is 343 g/mol. The molecule has 3 aromatic rings. The van der Waals surface area contributed by atoms with Crippen molar-refractivity contribution in [2.75, 3.05) is 6.54 Å². The van der Waals surface area contributed by atoms with Gasteiger partial charge in [-0.25, -0.2) is 14.1 Å². The molecule has 0 saturated carbocycles. The Morgan fingerprint density at radius 3 is 2.84 bits per heavy atom. The van der Waals surface area contributed by atoms with Crippen molar-refractivity contribution in [1.82, 2.24) is 19.7 Å². The molecule has 0 saturated heterocycles. The van der Waals surface area contributed by atoms with E-state index in [0.29, 0.717) is 30.2 Å². The van der Waals surface area contributed by atoms with E-state index in [2.05, 4.69) is 15.0 Å². The fourth-order valence-corrected chi connectivity index (χ4v) is 3.27. The molecule has 3 heterocycles. The third-order valence-corrected chi connectivity index (χ3v) is 4.64. The second-order valence-electron chi connectivity index (χ2n) is 6.11. The van der Waals surface area contributed by atoms with E-state index in [9.17, 15) is 9.18 Å². The fraction of sp³-hybridized carbons (Fsp3) is 0.222. The quantitative estimate of drug-likeness (QED) is 0.732. The number of nitrogens with zero attached hydrogens (tertiary/aromatic N) is 3. The monoisotopic (exact) mass is 358 g/mol. The molecule has 0 amide bonds. The Kier molecular flexibility index (Phi) is 4.15. The molecule has 1 N–H and O–H groups in total. The van der Waals surface area contributed by atoms with Gasteiger partial charge in [0.2, 0.25) is 0 Å². The van der Waals surface area contributed by atoms with Crippen molar-refractivity contribution in [3.05, 3.63) is 80.7 Å². The summed E-state index contributed by atoms with van der Waals surface area (Å²) in [6, 6.07) is 9.95. The molecule has 0 radical (unpaired) electrons. The summed E-state index contributed by atoms with van der Waals surface area (Å²) in [6.45, 7) is 2.02. The van der Waals surface area contributed by atoms with Gasteiger partial charge in [-0.2, -0.15) is 0 Å². The van der Waals surface area contributed by atoms with Crippen LogP contribution in [-0.2, 0) is 19.5 Å². The lowest BCUT2D eigenvalue weighted by atomic mass is 10.1. The molecule has 2 aromatic heterocycles. The molecular formula is C18H16ClFN4O. The van der Waals surface area contributed by atoms with Crippen LogP contribution >= 0.6 is 11.6 Å². The minimum absolute atomic E-state index is 0.195. The lowest BCUT2D eigenvalue weighted by Gasteiger charge is -2.25. The molecule has 0 spiro atoms. The van der Waals surface area contributed by atoms with Crippen molar-refractivity contribution >= 4 is 11.6 Å². The topological polar surface area (TPSA) is 53.9 Å². The van der Waals surface area contributed by atoms with Crippen LogP contribution < -0.4 is 5.56 Å². The number of hydrogen-bond donors (Lipinski definition) is 1. The van der Waals surface area contributed by atoms with Crippen molar-refractivity contribution in [2.24, 2.45) is 0 Å². The summed E-state index contributed by atoms with van der Waals surface area (Å²) in [5.74, 6) is -0.424. The Balaban J connectivity index is 1.60. The zero-order valence-electron chi connectivity index (χ0n) is 13.4. The molecule has 7 heteroatoms. The number of rotatable bonds is 3. The minimum Gasteiger partial charge on any atom is -0.295 e. The molecule has 0 bridgehead atoms. The number of aromatic nitrogens is 3. The SMILES string of the molecule is O=c1c2c([nH]n1-c1ccccc1F)CCN(Cc1ccc(Cl)nc1)C2. The highest BCUT2D eigenvalue weighted by molar-refractivity contribution is 6.29. The normalized spacial score (nSPS) is 14.5. The van der Waals surface area contributed by atoms with Gasteiger partial charge in [-0.3, -0.25) is 14.8 Å². The highest BCUT2D eigenvalue weighted by Gasteiger charge is 2.23. The third kappa shape index (κ3) is 3.10. The van der Waals surface area contributed by atoms with Crippen molar-refractivity contribution in [3.63, 3.8) is 0 Å². The molecule has 128 valence electrons. The lowest BCUT2D eigenvalue weighted by molar-refractivity contribution is 0.244. The van der Waals surface area contributed by atoms with E-state index in [0.717, 1.165) is 17.8 Å². The maximum atomic E-state index is 14.0. The van der Waals surface area contributed by atoms with E-state index >= 15 is 0 Å². The van der Waals surface area contributed by atoms with Gasteiger partial charge in [0.1, 0.15) is 16.7 Å². The van der Waals surface area contributed by atoms with Crippen molar-refractivity contribution in [3.8, 4) is 5.69 Å². The molecule has 1 aliphatic heterocycles. The highest BCUT2D eigenvalue weighted by Crippen LogP contribution is 2.19. The van der Waals surface area contributed by atoms with Gasteiger partial charge in [0.05, 0.1) is 5.56 Å². The summed E-state index contributed by atoms with van der Waals surface area (Å²) in [5.41, 5.74) is 2.65. The largest absolute Gasteiger partial charge is 0.295 e. The number of fused-ring (bicyclic) bond motifs is 1. The maximum absolute atomic E-state index is 14.0. The average Bonchev–Trinajstić information content (AvgIpc) is 2.94. The van der Waals surface area contributed by atoms with E-state index in [1.807, 2.05) is 6.07 Å². The molecule has 0 unspecified atom stereocenters. The van der Waals surface area contributed by atoms with Crippen LogP contribution in [0.4, 0.5) is 4.39 Å². The summed E-state index contributed by atoms with van der Waals surface area (Å²) in [5, 5.41) is 3.52. The van der Waals surface area contributed by atoms with E-state index in [4.69, 9.17) is 11.6 Å².